The fourth-order valence-electron chi connectivity index (χ4n) is 2.02. The predicted molar refractivity (Wildman–Crippen MR) is 69.6 cm³/mol. The van der Waals surface area contributed by atoms with Gasteiger partial charge in [-0.2, -0.15) is 0 Å². The van der Waals surface area contributed by atoms with Crippen LogP contribution < -0.4 is 0 Å². The van der Waals surface area contributed by atoms with Gasteiger partial charge in [0.1, 0.15) is 5.82 Å². The Kier molecular flexibility index (Phi) is 5.13. The second kappa shape index (κ2) is 6.15. The minimum atomic E-state index is -0.375. The molecule has 0 aliphatic rings. The topological polar surface area (TPSA) is 20.2 Å². The number of hydrogen-bond donors (Lipinski definition) is 1. The molecule has 1 nitrogen and oxygen atoms in total. The van der Waals surface area contributed by atoms with E-state index in [-0.39, 0.29) is 17.3 Å². The minimum absolute atomic E-state index is 0.231. The molecular weight excluding hydrogens is 215 g/mol. The molecule has 0 saturated heterocycles. The Morgan fingerprint density at radius 1 is 1.18 bits per heavy atom. The molecule has 0 aromatic heterocycles. The van der Waals surface area contributed by atoms with Crippen LogP contribution in [0.5, 0.6) is 0 Å². The van der Waals surface area contributed by atoms with Gasteiger partial charge in [-0.25, -0.2) is 4.39 Å². The molecule has 0 aliphatic heterocycles. The molecule has 1 aromatic carbocycles. The maximum Gasteiger partial charge on any atom is 0.123 e. The van der Waals surface area contributed by atoms with Crippen molar-refractivity contribution in [3.63, 3.8) is 0 Å². The van der Waals surface area contributed by atoms with Crippen molar-refractivity contribution in [1.82, 2.24) is 0 Å². The van der Waals surface area contributed by atoms with Crippen molar-refractivity contribution >= 4 is 0 Å². The van der Waals surface area contributed by atoms with Gasteiger partial charge in [-0.3, -0.25) is 0 Å². The molecule has 0 spiro atoms. The SMILES string of the molecule is CCCCCC(O)C(C)(C)c1ccc(F)cc1. The summed E-state index contributed by atoms with van der Waals surface area (Å²) in [4.78, 5) is 0. The normalized spacial score (nSPS) is 13.7. The predicted octanol–water partition coefficient (Wildman–Crippen LogP) is 4.04. The molecule has 1 aromatic rings. The van der Waals surface area contributed by atoms with Crippen LogP contribution in [-0.2, 0) is 5.41 Å². The molecule has 0 saturated carbocycles. The first kappa shape index (κ1) is 14.2. The molecule has 0 fully saturated rings. The van der Waals surface area contributed by atoms with Crippen LogP contribution in [0.25, 0.3) is 0 Å². The third-order valence-electron chi connectivity index (χ3n) is 3.50. The number of unbranched alkanes of at least 4 members (excludes halogenated alkanes) is 2. The Morgan fingerprint density at radius 2 is 1.76 bits per heavy atom. The van der Waals surface area contributed by atoms with Gasteiger partial charge in [-0.15, -0.1) is 0 Å². The van der Waals surface area contributed by atoms with Gasteiger partial charge in [0.05, 0.1) is 6.10 Å². The molecule has 0 radical (unpaired) electrons. The lowest BCUT2D eigenvalue weighted by molar-refractivity contribution is 0.0885. The molecule has 96 valence electrons. The second-order valence-corrected chi connectivity index (χ2v) is 5.24. The second-order valence-electron chi connectivity index (χ2n) is 5.24. The van der Waals surface area contributed by atoms with E-state index in [1.165, 1.54) is 12.1 Å². The van der Waals surface area contributed by atoms with Gasteiger partial charge < -0.3 is 5.11 Å². The number of halogens is 1. The quantitative estimate of drug-likeness (QED) is 0.741. The van der Waals surface area contributed by atoms with Crippen LogP contribution in [0.2, 0.25) is 0 Å². The number of benzene rings is 1. The molecule has 0 amide bonds. The van der Waals surface area contributed by atoms with Crippen molar-refractivity contribution in [2.75, 3.05) is 0 Å². The van der Waals surface area contributed by atoms with E-state index in [4.69, 9.17) is 0 Å². The van der Waals surface area contributed by atoms with Crippen LogP contribution in [0.1, 0.15) is 52.0 Å². The lowest BCUT2D eigenvalue weighted by atomic mass is 9.77. The lowest BCUT2D eigenvalue weighted by Crippen LogP contribution is -2.33. The average molecular weight is 238 g/mol. The molecule has 1 atom stereocenters. The Labute approximate surface area is 104 Å². The molecule has 0 aliphatic carbocycles. The van der Waals surface area contributed by atoms with Crippen LogP contribution in [0.15, 0.2) is 24.3 Å². The van der Waals surface area contributed by atoms with Gasteiger partial charge in [-0.1, -0.05) is 52.2 Å². The smallest absolute Gasteiger partial charge is 0.123 e. The van der Waals surface area contributed by atoms with Gasteiger partial charge in [0.2, 0.25) is 0 Å². The van der Waals surface area contributed by atoms with Crippen LogP contribution in [0.4, 0.5) is 4.39 Å². The Balaban J connectivity index is 2.68. The third kappa shape index (κ3) is 3.81. The zero-order valence-electron chi connectivity index (χ0n) is 11.0. The van der Waals surface area contributed by atoms with E-state index in [0.717, 1.165) is 31.2 Å². The average Bonchev–Trinajstić information content (AvgIpc) is 2.29. The fourth-order valence-corrected chi connectivity index (χ4v) is 2.02. The third-order valence-corrected chi connectivity index (χ3v) is 3.50. The number of rotatable bonds is 6. The van der Waals surface area contributed by atoms with Crippen LogP contribution in [0, 0.1) is 5.82 Å². The highest BCUT2D eigenvalue weighted by molar-refractivity contribution is 5.25. The van der Waals surface area contributed by atoms with Gasteiger partial charge >= 0.3 is 0 Å². The van der Waals surface area contributed by atoms with E-state index in [0.29, 0.717) is 0 Å². The summed E-state index contributed by atoms with van der Waals surface area (Å²) in [5.74, 6) is -0.231. The molecule has 1 unspecified atom stereocenters. The van der Waals surface area contributed by atoms with Gasteiger partial charge in [0.15, 0.2) is 0 Å². The Hall–Kier alpha value is -0.890. The van der Waals surface area contributed by atoms with Crippen molar-refractivity contribution in [1.29, 1.82) is 0 Å². The largest absolute Gasteiger partial charge is 0.392 e. The van der Waals surface area contributed by atoms with E-state index >= 15 is 0 Å². The number of hydrogen-bond acceptors (Lipinski definition) is 1. The fraction of sp³-hybridized carbons (Fsp3) is 0.600. The summed E-state index contributed by atoms with van der Waals surface area (Å²) in [7, 11) is 0. The zero-order valence-corrected chi connectivity index (χ0v) is 11.0. The summed E-state index contributed by atoms with van der Waals surface area (Å²) in [6.07, 6.45) is 3.78. The molecule has 0 bridgehead atoms. The van der Waals surface area contributed by atoms with Crippen LogP contribution in [0.3, 0.4) is 0 Å². The van der Waals surface area contributed by atoms with Crippen molar-refractivity contribution in [3.8, 4) is 0 Å². The van der Waals surface area contributed by atoms with Crippen molar-refractivity contribution in [3.05, 3.63) is 35.6 Å². The molecule has 17 heavy (non-hydrogen) atoms. The van der Waals surface area contributed by atoms with Gasteiger partial charge in [0.25, 0.3) is 0 Å². The maximum absolute atomic E-state index is 12.9. The molecule has 1 N–H and O–H groups in total. The standard InChI is InChI=1S/C15H23FO/c1-4-5-6-7-14(17)15(2,3)12-8-10-13(16)11-9-12/h8-11,14,17H,4-7H2,1-3H3. The van der Waals surface area contributed by atoms with Gasteiger partial charge in [0, 0.05) is 5.41 Å². The summed E-state index contributed by atoms with van der Waals surface area (Å²) < 4.78 is 12.9. The molecule has 0 heterocycles. The summed E-state index contributed by atoms with van der Waals surface area (Å²) in [6.45, 7) is 6.17. The Morgan fingerprint density at radius 3 is 2.29 bits per heavy atom. The van der Waals surface area contributed by atoms with Crippen LogP contribution >= 0.6 is 0 Å². The van der Waals surface area contributed by atoms with E-state index in [1.54, 1.807) is 12.1 Å². The highest BCUT2D eigenvalue weighted by Crippen LogP contribution is 2.30. The summed E-state index contributed by atoms with van der Waals surface area (Å²) in [5.41, 5.74) is 0.671. The highest BCUT2D eigenvalue weighted by Gasteiger charge is 2.29. The van der Waals surface area contributed by atoms with E-state index < -0.39 is 0 Å². The number of aliphatic hydroxyl groups excluding tert-OH is 1. The summed E-state index contributed by atoms with van der Waals surface area (Å²) in [6, 6.07) is 6.43. The van der Waals surface area contributed by atoms with Crippen molar-refractivity contribution in [2.24, 2.45) is 0 Å². The summed E-state index contributed by atoms with van der Waals surface area (Å²) >= 11 is 0. The maximum atomic E-state index is 12.9. The first-order chi connectivity index (χ1) is 7.98. The molecule has 1 rings (SSSR count). The lowest BCUT2D eigenvalue weighted by Gasteiger charge is -2.31. The van der Waals surface area contributed by atoms with E-state index in [9.17, 15) is 9.50 Å². The molecule has 2 heteroatoms. The highest BCUT2D eigenvalue weighted by atomic mass is 19.1. The van der Waals surface area contributed by atoms with E-state index in [2.05, 4.69) is 6.92 Å². The monoisotopic (exact) mass is 238 g/mol. The van der Waals surface area contributed by atoms with Gasteiger partial charge in [-0.05, 0) is 24.1 Å². The summed E-state index contributed by atoms with van der Waals surface area (Å²) in [5, 5.41) is 10.2. The van der Waals surface area contributed by atoms with Crippen LogP contribution in [-0.4, -0.2) is 11.2 Å². The Bertz CT molecular complexity index is 329. The minimum Gasteiger partial charge on any atom is -0.392 e. The first-order valence-electron chi connectivity index (χ1n) is 6.42. The molecular formula is C15H23FO. The van der Waals surface area contributed by atoms with E-state index in [1.807, 2.05) is 13.8 Å². The van der Waals surface area contributed by atoms with Crippen molar-refractivity contribution in [2.45, 2.75) is 58.0 Å². The first-order valence-corrected chi connectivity index (χ1v) is 6.42. The number of aliphatic hydroxyl groups is 1. The zero-order chi connectivity index (χ0) is 12.9. The van der Waals surface area contributed by atoms with Crippen molar-refractivity contribution < 1.29 is 9.50 Å².